The second kappa shape index (κ2) is 5.96. The van der Waals surface area contributed by atoms with Crippen molar-refractivity contribution in [2.75, 3.05) is 19.6 Å². The van der Waals surface area contributed by atoms with E-state index in [4.69, 9.17) is 0 Å². The van der Waals surface area contributed by atoms with E-state index in [1.54, 1.807) is 6.20 Å². The number of hydrogen-bond acceptors (Lipinski definition) is 3. The number of carbonyl (C=O) groups is 1. The summed E-state index contributed by atoms with van der Waals surface area (Å²) in [6, 6.07) is 5.82. The van der Waals surface area contributed by atoms with E-state index in [0.29, 0.717) is 12.5 Å². The summed E-state index contributed by atoms with van der Waals surface area (Å²) in [4.78, 5) is 18.6. The van der Waals surface area contributed by atoms with Crippen molar-refractivity contribution in [3.05, 3.63) is 30.1 Å². The van der Waals surface area contributed by atoms with Gasteiger partial charge in [0.1, 0.15) is 0 Å². The minimum Gasteiger partial charge on any atom is -0.337 e. The summed E-state index contributed by atoms with van der Waals surface area (Å²) in [5.41, 5.74) is 0.951. The molecule has 4 nitrogen and oxygen atoms in total. The zero-order valence-corrected chi connectivity index (χ0v) is 11.1. The first-order valence-corrected chi connectivity index (χ1v) is 6.61. The van der Waals surface area contributed by atoms with E-state index in [1.165, 1.54) is 0 Å². The van der Waals surface area contributed by atoms with E-state index >= 15 is 0 Å². The van der Waals surface area contributed by atoms with E-state index < -0.39 is 0 Å². The van der Waals surface area contributed by atoms with Gasteiger partial charge in [-0.15, -0.1) is 0 Å². The maximum absolute atomic E-state index is 12.4. The standard InChI is InChI=1S/C14H21N3O/c1-3-17(10-13-6-4-5-7-16-13)14(18)11(2)12-8-15-9-12/h4-7,11-12,15H,3,8-10H2,1-2H3. The van der Waals surface area contributed by atoms with Crippen molar-refractivity contribution >= 4 is 5.91 Å². The zero-order chi connectivity index (χ0) is 13.0. The molecule has 2 heterocycles. The first-order chi connectivity index (χ1) is 8.72. The van der Waals surface area contributed by atoms with Gasteiger partial charge in [-0.25, -0.2) is 0 Å². The molecule has 1 aliphatic heterocycles. The van der Waals surface area contributed by atoms with Crippen molar-refractivity contribution in [2.45, 2.75) is 20.4 Å². The van der Waals surface area contributed by atoms with E-state index in [1.807, 2.05) is 36.9 Å². The van der Waals surface area contributed by atoms with Gasteiger partial charge in [0, 0.05) is 18.7 Å². The average molecular weight is 247 g/mol. The molecule has 18 heavy (non-hydrogen) atoms. The fourth-order valence-electron chi connectivity index (χ4n) is 2.19. The molecule has 4 heteroatoms. The van der Waals surface area contributed by atoms with Crippen molar-refractivity contribution in [2.24, 2.45) is 11.8 Å². The summed E-state index contributed by atoms with van der Waals surface area (Å²) in [5, 5.41) is 3.22. The molecule has 1 aromatic rings. The van der Waals surface area contributed by atoms with E-state index in [2.05, 4.69) is 10.3 Å². The van der Waals surface area contributed by atoms with Crippen LogP contribution >= 0.6 is 0 Å². The largest absolute Gasteiger partial charge is 0.337 e. The zero-order valence-electron chi connectivity index (χ0n) is 11.1. The van der Waals surface area contributed by atoms with Gasteiger partial charge >= 0.3 is 0 Å². The number of aromatic nitrogens is 1. The average Bonchev–Trinajstić information content (AvgIpc) is 2.34. The number of nitrogens with one attached hydrogen (secondary N) is 1. The van der Waals surface area contributed by atoms with Crippen LogP contribution in [0.4, 0.5) is 0 Å². The molecule has 98 valence electrons. The molecule has 1 fully saturated rings. The number of nitrogens with zero attached hydrogens (tertiary/aromatic N) is 2. The van der Waals surface area contributed by atoms with Crippen LogP contribution in [0.15, 0.2) is 24.4 Å². The molecule has 0 saturated carbocycles. The highest BCUT2D eigenvalue weighted by molar-refractivity contribution is 5.79. The van der Waals surface area contributed by atoms with E-state index in [9.17, 15) is 4.79 Å². The van der Waals surface area contributed by atoms with Crippen molar-refractivity contribution in [1.29, 1.82) is 0 Å². The predicted octanol–water partition coefficient (Wildman–Crippen LogP) is 1.29. The summed E-state index contributed by atoms with van der Waals surface area (Å²) >= 11 is 0. The smallest absolute Gasteiger partial charge is 0.226 e. The van der Waals surface area contributed by atoms with E-state index in [0.717, 1.165) is 25.3 Å². The SMILES string of the molecule is CCN(Cc1ccccn1)C(=O)C(C)C1CNC1. The minimum absolute atomic E-state index is 0.106. The molecular weight excluding hydrogens is 226 g/mol. The Hall–Kier alpha value is -1.42. The Kier molecular flexibility index (Phi) is 4.31. The summed E-state index contributed by atoms with van der Waals surface area (Å²) in [5.74, 6) is 0.847. The molecule has 0 aromatic carbocycles. The topological polar surface area (TPSA) is 45.2 Å². The minimum atomic E-state index is 0.106. The Labute approximate surface area is 108 Å². The van der Waals surface area contributed by atoms with Gasteiger partial charge in [0.25, 0.3) is 0 Å². The summed E-state index contributed by atoms with van der Waals surface area (Å²) in [7, 11) is 0. The Bertz CT molecular complexity index is 389. The summed E-state index contributed by atoms with van der Waals surface area (Å²) in [6.45, 7) is 7.34. The van der Waals surface area contributed by atoms with Gasteiger partial charge in [-0.1, -0.05) is 13.0 Å². The molecule has 2 rings (SSSR count). The Balaban J connectivity index is 1.97. The Morgan fingerprint density at radius 1 is 1.56 bits per heavy atom. The lowest BCUT2D eigenvalue weighted by Crippen LogP contribution is -2.50. The molecule has 0 spiro atoms. The van der Waals surface area contributed by atoms with E-state index in [-0.39, 0.29) is 11.8 Å². The number of rotatable bonds is 5. The number of pyridine rings is 1. The predicted molar refractivity (Wildman–Crippen MR) is 70.9 cm³/mol. The van der Waals surface area contributed by atoms with Crippen LogP contribution in [-0.4, -0.2) is 35.4 Å². The maximum atomic E-state index is 12.4. The molecule has 1 atom stereocenters. The number of amides is 1. The third-order valence-corrected chi connectivity index (χ3v) is 3.68. The van der Waals surface area contributed by atoms with Gasteiger partial charge in [-0.3, -0.25) is 9.78 Å². The van der Waals surface area contributed by atoms with Gasteiger partial charge < -0.3 is 10.2 Å². The lowest BCUT2D eigenvalue weighted by atomic mass is 9.88. The van der Waals surface area contributed by atoms with Gasteiger partial charge in [-0.05, 0) is 38.1 Å². The summed E-state index contributed by atoms with van der Waals surface area (Å²) in [6.07, 6.45) is 1.77. The van der Waals surface area contributed by atoms with Crippen molar-refractivity contribution in [1.82, 2.24) is 15.2 Å². The quantitative estimate of drug-likeness (QED) is 0.852. The molecule has 0 bridgehead atoms. The molecule has 1 saturated heterocycles. The molecule has 0 radical (unpaired) electrons. The number of hydrogen-bond donors (Lipinski definition) is 1. The van der Waals surface area contributed by atoms with Gasteiger partial charge in [0.05, 0.1) is 12.2 Å². The first-order valence-electron chi connectivity index (χ1n) is 6.61. The van der Waals surface area contributed by atoms with Crippen LogP contribution in [0, 0.1) is 11.8 Å². The van der Waals surface area contributed by atoms with Crippen LogP contribution in [0.2, 0.25) is 0 Å². The third kappa shape index (κ3) is 2.88. The van der Waals surface area contributed by atoms with Crippen LogP contribution in [0.25, 0.3) is 0 Å². The molecule has 1 amide bonds. The molecule has 1 aromatic heterocycles. The molecule has 0 aliphatic carbocycles. The highest BCUT2D eigenvalue weighted by Gasteiger charge is 2.31. The van der Waals surface area contributed by atoms with Gasteiger partial charge in [-0.2, -0.15) is 0 Å². The second-order valence-corrected chi connectivity index (χ2v) is 4.88. The van der Waals surface area contributed by atoms with Crippen molar-refractivity contribution in [3.8, 4) is 0 Å². The van der Waals surface area contributed by atoms with Gasteiger partial charge in [0.2, 0.25) is 5.91 Å². The third-order valence-electron chi connectivity index (χ3n) is 3.68. The highest BCUT2D eigenvalue weighted by atomic mass is 16.2. The normalized spacial score (nSPS) is 17.0. The Morgan fingerprint density at radius 3 is 2.83 bits per heavy atom. The number of carbonyl (C=O) groups excluding carboxylic acids is 1. The fourth-order valence-corrected chi connectivity index (χ4v) is 2.19. The lowest BCUT2D eigenvalue weighted by molar-refractivity contribution is -0.137. The van der Waals surface area contributed by atoms with Crippen LogP contribution in [0.1, 0.15) is 19.5 Å². The van der Waals surface area contributed by atoms with Crippen LogP contribution in [0.5, 0.6) is 0 Å². The maximum Gasteiger partial charge on any atom is 0.226 e. The van der Waals surface area contributed by atoms with Crippen LogP contribution < -0.4 is 5.32 Å². The van der Waals surface area contributed by atoms with Gasteiger partial charge in [0.15, 0.2) is 0 Å². The lowest BCUT2D eigenvalue weighted by Gasteiger charge is -2.34. The van der Waals surface area contributed by atoms with Crippen molar-refractivity contribution in [3.63, 3.8) is 0 Å². The fraction of sp³-hybridized carbons (Fsp3) is 0.571. The van der Waals surface area contributed by atoms with Crippen molar-refractivity contribution < 1.29 is 4.79 Å². The Morgan fingerprint density at radius 2 is 2.33 bits per heavy atom. The molecular formula is C14H21N3O. The van der Waals surface area contributed by atoms with Crippen LogP contribution in [-0.2, 0) is 11.3 Å². The second-order valence-electron chi connectivity index (χ2n) is 4.88. The molecule has 1 N–H and O–H groups in total. The monoisotopic (exact) mass is 247 g/mol. The highest BCUT2D eigenvalue weighted by Crippen LogP contribution is 2.19. The summed E-state index contributed by atoms with van der Waals surface area (Å²) < 4.78 is 0. The molecule has 1 aliphatic rings. The first kappa shape index (κ1) is 13.0. The molecule has 1 unspecified atom stereocenters. The van der Waals surface area contributed by atoms with Crippen LogP contribution in [0.3, 0.4) is 0 Å².